The second-order valence-electron chi connectivity index (χ2n) is 7.98. The van der Waals surface area contributed by atoms with Gasteiger partial charge in [0.15, 0.2) is 0 Å². The zero-order valence-corrected chi connectivity index (χ0v) is 19.0. The Kier molecular flexibility index (Phi) is 6.40. The lowest BCUT2D eigenvalue weighted by molar-refractivity contribution is 0.0956. The van der Waals surface area contributed by atoms with E-state index < -0.39 is 0 Å². The van der Waals surface area contributed by atoms with E-state index in [4.69, 9.17) is 0 Å². The molecular formula is C23H27N9O. The minimum absolute atomic E-state index is 0.0641. The van der Waals surface area contributed by atoms with Crippen LogP contribution in [0.3, 0.4) is 0 Å². The van der Waals surface area contributed by atoms with Crippen LogP contribution in [0.4, 0.5) is 11.5 Å². The highest BCUT2D eigenvalue weighted by Gasteiger charge is 2.28. The standard InChI is InChI=1S/C23H27N9O/c1-4-25-22(33)17-6-5-7-18(10-17)30-23(27-13-24)32-9-8-31(12-16(32)3)21-19-15(2)11-26-20(19)28-14-29-21/h5-7,10-11,14,16H,4,8-9,12H2,1-3H3,(H,25,33)(H,27,30)(H,26,28,29)/t16-/m0/s1. The van der Waals surface area contributed by atoms with Gasteiger partial charge in [-0.2, -0.15) is 5.26 Å². The minimum atomic E-state index is -0.141. The Balaban J connectivity index is 1.52. The van der Waals surface area contributed by atoms with Gasteiger partial charge in [0.05, 0.1) is 5.39 Å². The third-order valence-corrected chi connectivity index (χ3v) is 5.72. The number of guanidine groups is 1. The Bertz CT molecular complexity index is 1230. The van der Waals surface area contributed by atoms with Gasteiger partial charge in [0, 0.05) is 49.7 Å². The Morgan fingerprint density at radius 1 is 1.36 bits per heavy atom. The summed E-state index contributed by atoms with van der Waals surface area (Å²) in [4.78, 5) is 32.6. The number of carbonyl (C=O) groups excluding carboxylic acids is 1. The van der Waals surface area contributed by atoms with Crippen molar-refractivity contribution in [1.29, 1.82) is 5.26 Å². The number of nitrogens with one attached hydrogen (secondary N) is 3. The summed E-state index contributed by atoms with van der Waals surface area (Å²) in [5, 5.41) is 16.4. The number of carbonyl (C=O) groups is 1. The van der Waals surface area contributed by atoms with Crippen LogP contribution in [0.5, 0.6) is 0 Å². The van der Waals surface area contributed by atoms with Crippen molar-refractivity contribution >= 4 is 34.4 Å². The molecule has 3 N–H and O–H groups in total. The van der Waals surface area contributed by atoms with Gasteiger partial charge < -0.3 is 25.4 Å². The van der Waals surface area contributed by atoms with Crippen LogP contribution in [0.15, 0.2) is 41.8 Å². The fraction of sp³-hybridized carbons (Fsp3) is 0.348. The maximum Gasteiger partial charge on any atom is 0.251 e. The van der Waals surface area contributed by atoms with E-state index in [1.165, 1.54) is 0 Å². The number of benzene rings is 1. The topological polar surface area (TPSA) is 125 Å². The van der Waals surface area contributed by atoms with Crippen LogP contribution >= 0.6 is 0 Å². The molecule has 33 heavy (non-hydrogen) atoms. The van der Waals surface area contributed by atoms with Crippen molar-refractivity contribution in [2.75, 3.05) is 36.4 Å². The van der Waals surface area contributed by atoms with Crippen molar-refractivity contribution < 1.29 is 4.79 Å². The molecule has 10 heteroatoms. The maximum absolute atomic E-state index is 12.2. The molecule has 1 aliphatic heterocycles. The van der Waals surface area contributed by atoms with Gasteiger partial charge >= 0.3 is 0 Å². The van der Waals surface area contributed by atoms with E-state index in [-0.39, 0.29) is 11.9 Å². The zero-order chi connectivity index (χ0) is 23.4. The molecule has 0 bridgehead atoms. The highest BCUT2D eigenvalue weighted by Crippen LogP contribution is 2.27. The second-order valence-corrected chi connectivity index (χ2v) is 7.98. The van der Waals surface area contributed by atoms with Crippen LogP contribution in [0.1, 0.15) is 29.8 Å². The molecule has 0 spiro atoms. The molecule has 1 aliphatic rings. The Morgan fingerprint density at radius 2 is 2.21 bits per heavy atom. The number of aromatic nitrogens is 3. The fourth-order valence-electron chi connectivity index (χ4n) is 4.14. The molecular weight excluding hydrogens is 418 g/mol. The molecule has 3 heterocycles. The molecule has 1 amide bonds. The average molecular weight is 446 g/mol. The van der Waals surface area contributed by atoms with Gasteiger partial charge in [-0.3, -0.25) is 4.79 Å². The van der Waals surface area contributed by atoms with Crippen molar-refractivity contribution in [3.05, 3.63) is 47.9 Å². The number of nitriles is 1. The van der Waals surface area contributed by atoms with Crippen LogP contribution in [0.2, 0.25) is 0 Å². The quantitative estimate of drug-likeness (QED) is 0.320. The number of fused-ring (bicyclic) bond motifs is 1. The number of aromatic amines is 1. The monoisotopic (exact) mass is 445 g/mol. The minimum Gasteiger partial charge on any atom is -0.352 e. The Labute approximate surface area is 192 Å². The SMILES string of the molecule is CCNC(=O)c1cccc(NC(=NC#N)N2CCN(c3ncnc4[nH]cc(C)c34)C[C@@H]2C)c1. The van der Waals surface area contributed by atoms with Crippen LogP contribution in [-0.2, 0) is 0 Å². The van der Waals surface area contributed by atoms with Crippen LogP contribution in [0.25, 0.3) is 11.0 Å². The van der Waals surface area contributed by atoms with E-state index in [2.05, 4.69) is 47.3 Å². The van der Waals surface area contributed by atoms with Crippen molar-refractivity contribution in [2.45, 2.75) is 26.8 Å². The predicted molar refractivity (Wildman–Crippen MR) is 128 cm³/mol. The van der Waals surface area contributed by atoms with Crippen molar-refractivity contribution in [1.82, 2.24) is 25.2 Å². The molecule has 2 aromatic heterocycles. The van der Waals surface area contributed by atoms with Gasteiger partial charge in [0.25, 0.3) is 5.91 Å². The molecule has 0 saturated carbocycles. The largest absolute Gasteiger partial charge is 0.352 e. The van der Waals surface area contributed by atoms with E-state index in [1.54, 1.807) is 24.5 Å². The first-order chi connectivity index (χ1) is 16.0. The predicted octanol–water partition coefficient (Wildman–Crippen LogP) is 2.48. The molecule has 0 unspecified atom stereocenters. The third-order valence-electron chi connectivity index (χ3n) is 5.72. The number of hydrogen-bond acceptors (Lipinski definition) is 6. The van der Waals surface area contributed by atoms with Gasteiger partial charge in [-0.15, -0.1) is 4.99 Å². The maximum atomic E-state index is 12.2. The lowest BCUT2D eigenvalue weighted by Gasteiger charge is -2.41. The summed E-state index contributed by atoms with van der Waals surface area (Å²) in [5.41, 5.74) is 3.18. The molecule has 1 saturated heterocycles. The number of anilines is 2. The summed E-state index contributed by atoms with van der Waals surface area (Å²) in [6.07, 6.45) is 5.42. The lowest BCUT2D eigenvalue weighted by atomic mass is 10.1. The highest BCUT2D eigenvalue weighted by atomic mass is 16.1. The van der Waals surface area contributed by atoms with Gasteiger partial charge in [-0.25, -0.2) is 9.97 Å². The van der Waals surface area contributed by atoms with Crippen LogP contribution in [-0.4, -0.2) is 63.9 Å². The summed E-state index contributed by atoms with van der Waals surface area (Å²) in [5.74, 6) is 1.23. The molecule has 3 aromatic rings. The molecule has 1 aromatic carbocycles. The van der Waals surface area contributed by atoms with Crippen molar-refractivity contribution in [3.63, 3.8) is 0 Å². The van der Waals surface area contributed by atoms with Gasteiger partial charge in [0.2, 0.25) is 12.2 Å². The number of aliphatic imine (C=N–C) groups is 1. The number of rotatable bonds is 4. The number of H-pyrrole nitrogens is 1. The highest BCUT2D eigenvalue weighted by molar-refractivity contribution is 5.98. The Hall–Kier alpha value is -4.13. The molecule has 4 rings (SSSR count). The molecule has 10 nitrogen and oxygen atoms in total. The first kappa shape index (κ1) is 22.1. The summed E-state index contributed by atoms with van der Waals surface area (Å²) >= 11 is 0. The second kappa shape index (κ2) is 9.56. The normalized spacial score (nSPS) is 16.5. The van der Waals surface area contributed by atoms with E-state index in [9.17, 15) is 10.1 Å². The molecule has 0 radical (unpaired) electrons. The number of nitrogens with zero attached hydrogens (tertiary/aromatic N) is 6. The zero-order valence-electron chi connectivity index (χ0n) is 19.0. The van der Waals surface area contributed by atoms with Gasteiger partial charge in [-0.1, -0.05) is 6.07 Å². The third kappa shape index (κ3) is 4.57. The van der Waals surface area contributed by atoms with Crippen LogP contribution < -0.4 is 15.5 Å². The lowest BCUT2D eigenvalue weighted by Crippen LogP contribution is -2.56. The number of piperazine rings is 1. The number of aryl methyl sites for hydroxylation is 1. The Morgan fingerprint density at radius 3 is 2.97 bits per heavy atom. The van der Waals surface area contributed by atoms with Crippen molar-refractivity contribution in [2.24, 2.45) is 4.99 Å². The fourth-order valence-corrected chi connectivity index (χ4v) is 4.14. The molecule has 1 atom stereocenters. The van der Waals surface area contributed by atoms with E-state index in [0.29, 0.717) is 43.4 Å². The average Bonchev–Trinajstić information content (AvgIpc) is 3.20. The summed E-state index contributed by atoms with van der Waals surface area (Å²) in [7, 11) is 0. The van der Waals surface area contributed by atoms with Gasteiger partial charge in [-0.05, 0) is 44.5 Å². The van der Waals surface area contributed by atoms with Crippen molar-refractivity contribution in [3.8, 4) is 6.19 Å². The van der Waals surface area contributed by atoms with E-state index in [0.717, 1.165) is 22.4 Å². The number of amides is 1. The molecule has 170 valence electrons. The van der Waals surface area contributed by atoms with Crippen LogP contribution in [0, 0.1) is 18.4 Å². The van der Waals surface area contributed by atoms with Gasteiger partial charge in [0.1, 0.15) is 17.8 Å². The summed E-state index contributed by atoms with van der Waals surface area (Å²) in [6, 6.07) is 7.23. The smallest absolute Gasteiger partial charge is 0.251 e. The first-order valence-corrected chi connectivity index (χ1v) is 10.9. The number of hydrogen-bond donors (Lipinski definition) is 3. The van der Waals surface area contributed by atoms with E-state index in [1.807, 2.05) is 32.3 Å². The summed E-state index contributed by atoms with van der Waals surface area (Å²) in [6.45, 7) is 8.65. The molecule has 1 fully saturated rings. The first-order valence-electron chi connectivity index (χ1n) is 10.9. The molecule has 0 aliphatic carbocycles. The summed E-state index contributed by atoms with van der Waals surface area (Å²) < 4.78 is 0. The van der Waals surface area contributed by atoms with E-state index >= 15 is 0 Å².